The third-order valence-corrected chi connectivity index (χ3v) is 3.40. The van der Waals surface area contributed by atoms with Gasteiger partial charge in [-0.2, -0.15) is 0 Å². The topological polar surface area (TPSA) is 43.8 Å². The zero-order chi connectivity index (χ0) is 15.1. The summed E-state index contributed by atoms with van der Waals surface area (Å²) in [5, 5.41) is 0. The van der Waals surface area contributed by atoms with Gasteiger partial charge in [0.15, 0.2) is 0 Å². The Morgan fingerprint density at radius 3 is 2.57 bits per heavy atom. The number of rotatable bonds is 2. The molecule has 2 N–H and O–H groups in total. The summed E-state index contributed by atoms with van der Waals surface area (Å²) < 4.78 is 29.4. The lowest BCUT2D eigenvalue weighted by atomic mass is 10.1. The zero-order valence-corrected chi connectivity index (χ0v) is 11.8. The molecule has 0 bridgehead atoms. The Hall–Kier alpha value is -2.43. The lowest BCUT2D eigenvalue weighted by Gasteiger charge is -2.14. The SMILES string of the molecule is CC(C)n1c(-c2cc(N)ccc2F)nc2ccc(F)cc21. The molecule has 0 aliphatic rings. The van der Waals surface area contributed by atoms with Gasteiger partial charge in [0.05, 0.1) is 16.6 Å². The molecular formula is C16H15F2N3. The second-order valence-corrected chi connectivity index (χ2v) is 5.27. The average Bonchev–Trinajstić information content (AvgIpc) is 2.79. The van der Waals surface area contributed by atoms with E-state index in [1.165, 1.54) is 24.3 Å². The van der Waals surface area contributed by atoms with Crippen molar-refractivity contribution in [3.05, 3.63) is 48.0 Å². The van der Waals surface area contributed by atoms with Crippen LogP contribution >= 0.6 is 0 Å². The van der Waals surface area contributed by atoms with Crippen molar-refractivity contribution < 1.29 is 8.78 Å². The van der Waals surface area contributed by atoms with Crippen molar-refractivity contribution in [2.75, 3.05) is 5.73 Å². The van der Waals surface area contributed by atoms with E-state index in [1.54, 1.807) is 12.1 Å². The van der Waals surface area contributed by atoms with Gasteiger partial charge in [0.25, 0.3) is 0 Å². The summed E-state index contributed by atoms with van der Waals surface area (Å²) in [7, 11) is 0. The van der Waals surface area contributed by atoms with Crippen LogP contribution in [0.4, 0.5) is 14.5 Å². The first-order valence-corrected chi connectivity index (χ1v) is 6.70. The Morgan fingerprint density at radius 2 is 1.86 bits per heavy atom. The molecule has 0 saturated carbocycles. The fourth-order valence-corrected chi connectivity index (χ4v) is 2.49. The Morgan fingerprint density at radius 1 is 1.10 bits per heavy atom. The van der Waals surface area contributed by atoms with Gasteiger partial charge < -0.3 is 10.3 Å². The van der Waals surface area contributed by atoms with Gasteiger partial charge >= 0.3 is 0 Å². The van der Waals surface area contributed by atoms with Gasteiger partial charge in [-0.1, -0.05) is 0 Å². The minimum Gasteiger partial charge on any atom is -0.399 e. The summed E-state index contributed by atoms with van der Waals surface area (Å²) in [6.07, 6.45) is 0. The number of aromatic nitrogens is 2. The molecule has 0 spiro atoms. The van der Waals surface area contributed by atoms with Crippen LogP contribution in [0.3, 0.4) is 0 Å². The molecule has 0 aliphatic carbocycles. The van der Waals surface area contributed by atoms with E-state index in [9.17, 15) is 8.78 Å². The van der Waals surface area contributed by atoms with Gasteiger partial charge in [-0.05, 0) is 50.2 Å². The third-order valence-electron chi connectivity index (χ3n) is 3.40. The maximum atomic E-state index is 14.1. The van der Waals surface area contributed by atoms with Crippen molar-refractivity contribution in [2.45, 2.75) is 19.9 Å². The van der Waals surface area contributed by atoms with Gasteiger partial charge in [-0.15, -0.1) is 0 Å². The van der Waals surface area contributed by atoms with Crippen LogP contribution in [0, 0.1) is 11.6 Å². The molecule has 0 saturated heterocycles. The van der Waals surface area contributed by atoms with E-state index in [0.717, 1.165) is 0 Å². The molecule has 2 aromatic carbocycles. The summed E-state index contributed by atoms with van der Waals surface area (Å²) in [5.41, 5.74) is 7.79. The number of halogens is 2. The number of fused-ring (bicyclic) bond motifs is 1. The molecule has 3 nitrogen and oxygen atoms in total. The number of nitrogens with zero attached hydrogens (tertiary/aromatic N) is 2. The largest absolute Gasteiger partial charge is 0.399 e. The van der Waals surface area contributed by atoms with E-state index in [4.69, 9.17) is 5.73 Å². The highest BCUT2D eigenvalue weighted by atomic mass is 19.1. The van der Waals surface area contributed by atoms with E-state index in [0.29, 0.717) is 28.1 Å². The zero-order valence-electron chi connectivity index (χ0n) is 11.8. The number of imidazole rings is 1. The first-order valence-electron chi connectivity index (χ1n) is 6.70. The van der Waals surface area contributed by atoms with E-state index in [2.05, 4.69) is 4.98 Å². The van der Waals surface area contributed by atoms with Crippen molar-refractivity contribution in [2.24, 2.45) is 0 Å². The lowest BCUT2D eigenvalue weighted by molar-refractivity contribution is 0.603. The fraction of sp³-hybridized carbons (Fsp3) is 0.188. The molecule has 3 aromatic rings. The highest BCUT2D eigenvalue weighted by molar-refractivity contribution is 5.81. The maximum absolute atomic E-state index is 14.1. The van der Waals surface area contributed by atoms with Crippen LogP contribution in [0.2, 0.25) is 0 Å². The Balaban J connectivity index is 2.36. The number of hydrogen-bond donors (Lipinski definition) is 1. The average molecular weight is 287 g/mol. The summed E-state index contributed by atoms with van der Waals surface area (Å²) in [5.74, 6) is -0.291. The number of nitrogen functional groups attached to an aromatic ring is 1. The number of anilines is 1. The van der Waals surface area contributed by atoms with Crippen molar-refractivity contribution in [3.63, 3.8) is 0 Å². The number of hydrogen-bond acceptors (Lipinski definition) is 2. The first-order chi connectivity index (χ1) is 9.97. The highest BCUT2D eigenvalue weighted by Crippen LogP contribution is 2.31. The normalized spacial score (nSPS) is 11.5. The summed E-state index contributed by atoms with van der Waals surface area (Å²) in [6.45, 7) is 3.89. The van der Waals surface area contributed by atoms with Crippen LogP contribution in [-0.4, -0.2) is 9.55 Å². The van der Waals surface area contributed by atoms with Gasteiger partial charge in [0.2, 0.25) is 0 Å². The maximum Gasteiger partial charge on any atom is 0.144 e. The van der Waals surface area contributed by atoms with Crippen LogP contribution in [0.25, 0.3) is 22.4 Å². The first kappa shape index (κ1) is 13.5. The van der Waals surface area contributed by atoms with Crippen LogP contribution in [0.5, 0.6) is 0 Å². The molecule has 5 heteroatoms. The van der Waals surface area contributed by atoms with Crippen LogP contribution in [-0.2, 0) is 0 Å². The number of benzene rings is 2. The van der Waals surface area contributed by atoms with Gasteiger partial charge in [0, 0.05) is 11.7 Å². The van der Waals surface area contributed by atoms with Crippen molar-refractivity contribution in [3.8, 4) is 11.4 Å². The molecule has 0 aliphatic heterocycles. The molecular weight excluding hydrogens is 272 g/mol. The lowest BCUT2D eigenvalue weighted by Crippen LogP contribution is -2.04. The predicted molar refractivity (Wildman–Crippen MR) is 79.9 cm³/mol. The van der Waals surface area contributed by atoms with Gasteiger partial charge in [-0.25, -0.2) is 13.8 Å². The van der Waals surface area contributed by atoms with Crippen molar-refractivity contribution in [1.29, 1.82) is 0 Å². The van der Waals surface area contributed by atoms with Gasteiger partial charge in [-0.3, -0.25) is 0 Å². The quantitative estimate of drug-likeness (QED) is 0.720. The van der Waals surface area contributed by atoms with E-state index in [-0.39, 0.29) is 11.9 Å². The number of nitrogens with two attached hydrogens (primary N) is 1. The highest BCUT2D eigenvalue weighted by Gasteiger charge is 2.18. The van der Waals surface area contributed by atoms with Crippen molar-refractivity contribution >= 4 is 16.7 Å². The van der Waals surface area contributed by atoms with E-state index < -0.39 is 5.82 Å². The molecule has 0 unspecified atom stereocenters. The Kier molecular flexibility index (Phi) is 3.12. The standard InChI is InChI=1S/C16H15F2N3/c1-9(2)21-15-7-10(17)3-6-14(15)20-16(21)12-8-11(19)4-5-13(12)18/h3-9H,19H2,1-2H3. The van der Waals surface area contributed by atoms with Crippen LogP contribution in [0.15, 0.2) is 36.4 Å². The van der Waals surface area contributed by atoms with Crippen LogP contribution < -0.4 is 5.73 Å². The monoisotopic (exact) mass is 287 g/mol. The molecule has 1 aromatic heterocycles. The minimum atomic E-state index is -0.401. The molecule has 0 fully saturated rings. The molecule has 3 rings (SSSR count). The molecule has 21 heavy (non-hydrogen) atoms. The second-order valence-electron chi connectivity index (χ2n) is 5.27. The third kappa shape index (κ3) is 2.24. The molecule has 0 radical (unpaired) electrons. The Bertz CT molecular complexity index is 822. The summed E-state index contributed by atoms with van der Waals surface area (Å²) >= 11 is 0. The van der Waals surface area contributed by atoms with Gasteiger partial charge in [0.1, 0.15) is 17.5 Å². The summed E-state index contributed by atoms with van der Waals surface area (Å²) in [4.78, 5) is 4.45. The smallest absolute Gasteiger partial charge is 0.144 e. The summed E-state index contributed by atoms with van der Waals surface area (Å²) in [6, 6.07) is 8.72. The predicted octanol–water partition coefficient (Wildman–Crippen LogP) is 4.14. The second kappa shape index (κ2) is 4.84. The van der Waals surface area contributed by atoms with E-state index in [1.807, 2.05) is 18.4 Å². The Labute approximate surface area is 121 Å². The molecule has 1 heterocycles. The fourth-order valence-electron chi connectivity index (χ4n) is 2.49. The molecule has 0 atom stereocenters. The molecule has 108 valence electrons. The minimum absolute atomic E-state index is 0.00707. The van der Waals surface area contributed by atoms with Crippen molar-refractivity contribution in [1.82, 2.24) is 9.55 Å². The van der Waals surface area contributed by atoms with E-state index >= 15 is 0 Å². The molecule has 0 amide bonds. The van der Waals surface area contributed by atoms with Crippen LogP contribution in [0.1, 0.15) is 19.9 Å².